The minimum atomic E-state index is -0.408. The zero-order chi connectivity index (χ0) is 13.9. The van der Waals surface area contributed by atoms with Crippen LogP contribution < -0.4 is 0 Å². The van der Waals surface area contributed by atoms with Gasteiger partial charge in [-0.3, -0.25) is 0 Å². The van der Waals surface area contributed by atoms with Crippen LogP contribution in [0.4, 0.5) is 0 Å². The molecule has 3 aliphatic rings. The molecule has 110 valence electrons. The molecule has 0 amide bonds. The first kappa shape index (κ1) is 13.6. The van der Waals surface area contributed by atoms with E-state index in [0.29, 0.717) is 37.2 Å². The van der Waals surface area contributed by atoms with Gasteiger partial charge < -0.3 is 18.9 Å². The number of rotatable bonds is 6. The number of hydrogen-bond donors (Lipinski definition) is 0. The lowest BCUT2D eigenvalue weighted by Crippen LogP contribution is -2.21. The maximum absolute atomic E-state index is 12.0. The van der Waals surface area contributed by atoms with Crippen LogP contribution in [0, 0.1) is 0 Å². The molecule has 2 unspecified atom stereocenters. The third kappa shape index (κ3) is 3.58. The molecule has 2 heterocycles. The predicted molar refractivity (Wildman–Crippen MR) is 66.9 cm³/mol. The first-order valence-electron chi connectivity index (χ1n) is 7.03. The summed E-state index contributed by atoms with van der Waals surface area (Å²) in [4.78, 5) is 24.1. The first-order valence-corrected chi connectivity index (χ1v) is 7.03. The average Bonchev–Trinajstić information content (AvgIpc) is 3.36. The third-order valence-corrected chi connectivity index (χ3v) is 3.57. The molecule has 0 saturated carbocycles. The van der Waals surface area contributed by atoms with Gasteiger partial charge in [0.25, 0.3) is 0 Å². The molecule has 6 heteroatoms. The van der Waals surface area contributed by atoms with Crippen LogP contribution in [0.2, 0.25) is 0 Å². The van der Waals surface area contributed by atoms with Crippen LogP contribution in [-0.4, -0.2) is 50.6 Å². The lowest BCUT2D eigenvalue weighted by atomic mass is 9.92. The highest BCUT2D eigenvalue weighted by molar-refractivity contribution is 6.00. The van der Waals surface area contributed by atoms with Gasteiger partial charge in [-0.15, -0.1) is 0 Å². The first-order chi connectivity index (χ1) is 9.74. The molecule has 2 aliphatic heterocycles. The van der Waals surface area contributed by atoms with E-state index in [0.717, 1.165) is 12.8 Å². The molecule has 0 aromatic rings. The number of carbonyl (C=O) groups is 2. The van der Waals surface area contributed by atoms with Gasteiger partial charge in [-0.1, -0.05) is 0 Å². The Kier molecular flexibility index (Phi) is 4.03. The van der Waals surface area contributed by atoms with Crippen molar-refractivity contribution in [2.45, 2.75) is 37.9 Å². The van der Waals surface area contributed by atoms with E-state index in [2.05, 4.69) is 0 Å². The molecule has 2 saturated heterocycles. The maximum atomic E-state index is 12.0. The van der Waals surface area contributed by atoms with Gasteiger partial charge in [-0.05, 0) is 25.7 Å². The predicted octanol–water partition coefficient (Wildman–Crippen LogP) is 0.741. The van der Waals surface area contributed by atoms with Crippen LogP contribution in [0.5, 0.6) is 0 Å². The van der Waals surface area contributed by atoms with Crippen molar-refractivity contribution in [1.82, 2.24) is 0 Å². The van der Waals surface area contributed by atoms with E-state index in [-0.39, 0.29) is 25.4 Å². The number of esters is 2. The van der Waals surface area contributed by atoms with E-state index in [1.54, 1.807) is 0 Å². The van der Waals surface area contributed by atoms with Gasteiger partial charge >= 0.3 is 11.9 Å². The van der Waals surface area contributed by atoms with Crippen molar-refractivity contribution in [2.24, 2.45) is 0 Å². The van der Waals surface area contributed by atoms with Crippen LogP contribution in [0.1, 0.15) is 25.7 Å². The number of ether oxygens (including phenoxy) is 4. The molecule has 0 N–H and O–H groups in total. The highest BCUT2D eigenvalue weighted by Crippen LogP contribution is 2.27. The summed E-state index contributed by atoms with van der Waals surface area (Å²) in [5.74, 6) is -0.815. The summed E-state index contributed by atoms with van der Waals surface area (Å²) in [5.41, 5.74) is 0.942. The van der Waals surface area contributed by atoms with Crippen LogP contribution in [0.15, 0.2) is 11.1 Å². The van der Waals surface area contributed by atoms with Crippen molar-refractivity contribution >= 4 is 11.9 Å². The summed E-state index contributed by atoms with van der Waals surface area (Å²) in [6, 6.07) is 0. The maximum Gasteiger partial charge on any atom is 0.334 e. The summed E-state index contributed by atoms with van der Waals surface area (Å²) in [6.07, 6.45) is 3.01. The molecular formula is C14H18O6. The Balaban J connectivity index is 1.61. The van der Waals surface area contributed by atoms with Crippen molar-refractivity contribution in [3.8, 4) is 0 Å². The van der Waals surface area contributed by atoms with E-state index < -0.39 is 11.9 Å². The van der Waals surface area contributed by atoms with Crippen molar-refractivity contribution < 1.29 is 28.5 Å². The van der Waals surface area contributed by atoms with E-state index in [1.807, 2.05) is 0 Å². The van der Waals surface area contributed by atoms with Gasteiger partial charge in [-0.2, -0.15) is 0 Å². The van der Waals surface area contributed by atoms with Crippen LogP contribution in [-0.2, 0) is 28.5 Å². The summed E-state index contributed by atoms with van der Waals surface area (Å²) >= 11 is 0. The van der Waals surface area contributed by atoms with Crippen LogP contribution in [0.3, 0.4) is 0 Å². The quantitative estimate of drug-likeness (QED) is 0.528. The van der Waals surface area contributed by atoms with Gasteiger partial charge in [0.05, 0.1) is 13.2 Å². The van der Waals surface area contributed by atoms with Gasteiger partial charge in [-0.25, -0.2) is 9.59 Å². The van der Waals surface area contributed by atoms with Gasteiger partial charge in [0, 0.05) is 11.1 Å². The van der Waals surface area contributed by atoms with Gasteiger partial charge in [0.2, 0.25) is 0 Å². The lowest BCUT2D eigenvalue weighted by molar-refractivity contribution is -0.143. The Hall–Kier alpha value is -1.40. The van der Waals surface area contributed by atoms with Gasteiger partial charge in [0.1, 0.15) is 25.4 Å². The molecule has 3 rings (SSSR count). The highest BCUT2D eigenvalue weighted by Gasteiger charge is 2.30. The molecule has 0 aromatic carbocycles. The number of epoxide rings is 2. The molecule has 2 fully saturated rings. The Bertz CT molecular complexity index is 393. The molecule has 1 aliphatic carbocycles. The number of hydrogen-bond acceptors (Lipinski definition) is 6. The fourth-order valence-electron chi connectivity index (χ4n) is 2.20. The summed E-state index contributed by atoms with van der Waals surface area (Å²) in [7, 11) is 0. The molecule has 20 heavy (non-hydrogen) atoms. The number of carbonyl (C=O) groups excluding carboxylic acids is 2. The Labute approximate surface area is 117 Å². The minimum Gasteiger partial charge on any atom is -0.459 e. The lowest BCUT2D eigenvalue weighted by Gasteiger charge is -2.18. The van der Waals surface area contributed by atoms with E-state index in [4.69, 9.17) is 18.9 Å². The van der Waals surface area contributed by atoms with E-state index in [1.165, 1.54) is 0 Å². The summed E-state index contributed by atoms with van der Waals surface area (Å²) < 4.78 is 20.3. The average molecular weight is 282 g/mol. The molecule has 0 radical (unpaired) electrons. The molecule has 0 spiro atoms. The molecule has 0 bridgehead atoms. The second-order valence-electron chi connectivity index (χ2n) is 5.27. The second-order valence-corrected chi connectivity index (χ2v) is 5.27. The van der Waals surface area contributed by atoms with E-state index >= 15 is 0 Å². The smallest absolute Gasteiger partial charge is 0.334 e. The third-order valence-electron chi connectivity index (χ3n) is 3.57. The molecule has 0 aromatic heterocycles. The molecular weight excluding hydrogens is 264 g/mol. The van der Waals surface area contributed by atoms with E-state index in [9.17, 15) is 9.59 Å². The van der Waals surface area contributed by atoms with Crippen LogP contribution >= 0.6 is 0 Å². The summed E-state index contributed by atoms with van der Waals surface area (Å²) in [5, 5.41) is 0. The molecule has 2 atom stereocenters. The highest BCUT2D eigenvalue weighted by atomic mass is 16.6. The topological polar surface area (TPSA) is 77.7 Å². The van der Waals surface area contributed by atoms with Crippen molar-refractivity contribution in [3.05, 3.63) is 11.1 Å². The van der Waals surface area contributed by atoms with Crippen molar-refractivity contribution in [3.63, 3.8) is 0 Å². The fourth-order valence-corrected chi connectivity index (χ4v) is 2.20. The van der Waals surface area contributed by atoms with Crippen molar-refractivity contribution in [2.75, 3.05) is 26.4 Å². The minimum absolute atomic E-state index is 0.0329. The zero-order valence-corrected chi connectivity index (χ0v) is 11.3. The zero-order valence-electron chi connectivity index (χ0n) is 11.3. The summed E-state index contributed by atoms with van der Waals surface area (Å²) in [6.45, 7) is 1.81. The largest absolute Gasteiger partial charge is 0.459 e. The Morgan fingerprint density at radius 1 is 0.900 bits per heavy atom. The van der Waals surface area contributed by atoms with Gasteiger partial charge in [0.15, 0.2) is 0 Å². The standard InChI is InChI=1S/C14H18O6/c15-13(19-7-9-5-17-9)11-3-1-2-4-12(11)14(16)20-8-10-6-18-10/h9-10H,1-8H2. The fraction of sp³-hybridized carbons (Fsp3) is 0.714. The van der Waals surface area contributed by atoms with Crippen LogP contribution in [0.25, 0.3) is 0 Å². The monoisotopic (exact) mass is 282 g/mol. The Morgan fingerprint density at radius 3 is 1.65 bits per heavy atom. The SMILES string of the molecule is O=C(OCC1CO1)C1=C(C(=O)OCC2CO2)CCCC1. The van der Waals surface area contributed by atoms with Crippen molar-refractivity contribution in [1.29, 1.82) is 0 Å². The molecule has 6 nitrogen and oxygen atoms in total. The normalized spacial score (nSPS) is 28.0. The Morgan fingerprint density at radius 2 is 1.30 bits per heavy atom. The second kappa shape index (κ2) is 5.93.